The second-order valence-electron chi connectivity index (χ2n) is 6.57. The Bertz CT molecular complexity index is 692. The van der Waals surface area contributed by atoms with E-state index in [0.717, 1.165) is 22.2 Å². The number of rotatable bonds is 2. The van der Waals surface area contributed by atoms with E-state index in [0.29, 0.717) is 0 Å². The number of benzene rings is 2. The van der Waals surface area contributed by atoms with E-state index >= 15 is 0 Å². The van der Waals surface area contributed by atoms with Crippen LogP contribution in [-0.2, 0) is 6.42 Å². The molecule has 1 N–H and O–H groups in total. The summed E-state index contributed by atoms with van der Waals surface area (Å²) in [6.45, 7) is 6.64. The van der Waals surface area contributed by atoms with Crippen molar-refractivity contribution in [2.24, 2.45) is 5.41 Å². The monoisotopic (exact) mass is 319 g/mol. The van der Waals surface area contributed by atoms with Crippen LogP contribution in [0.1, 0.15) is 36.6 Å². The molecular formula is C18H19Cl2N. The molecule has 0 saturated heterocycles. The largest absolute Gasteiger partial charge is 0.376 e. The van der Waals surface area contributed by atoms with Crippen molar-refractivity contribution in [1.29, 1.82) is 0 Å². The summed E-state index contributed by atoms with van der Waals surface area (Å²) in [6.07, 6.45) is 1.04. The molecule has 0 heterocycles. The average molecular weight is 320 g/mol. The number of fused-ring (bicyclic) bond motifs is 1. The standard InChI is InChI=1S/C18H19Cl2N/c1-11-4-7-15(20)16(8-11)21-17-14-9-13(19)6-5-12(14)10-18(17,2)3/h4-9,17,21H,10H2,1-3H3. The number of halogens is 2. The molecule has 0 bridgehead atoms. The second-order valence-corrected chi connectivity index (χ2v) is 7.41. The summed E-state index contributed by atoms with van der Waals surface area (Å²) in [7, 11) is 0. The summed E-state index contributed by atoms with van der Waals surface area (Å²) >= 11 is 12.5. The highest BCUT2D eigenvalue weighted by Crippen LogP contribution is 2.48. The molecule has 1 unspecified atom stereocenters. The molecule has 0 aliphatic heterocycles. The summed E-state index contributed by atoms with van der Waals surface area (Å²) < 4.78 is 0. The van der Waals surface area contributed by atoms with Crippen molar-refractivity contribution < 1.29 is 0 Å². The van der Waals surface area contributed by atoms with Crippen molar-refractivity contribution in [1.82, 2.24) is 0 Å². The highest BCUT2D eigenvalue weighted by atomic mass is 35.5. The Morgan fingerprint density at radius 1 is 1.10 bits per heavy atom. The molecular weight excluding hydrogens is 301 g/mol. The zero-order chi connectivity index (χ0) is 15.2. The minimum absolute atomic E-state index is 0.125. The Hall–Kier alpha value is -1.18. The lowest BCUT2D eigenvalue weighted by Crippen LogP contribution is -2.24. The first kappa shape index (κ1) is 14.7. The van der Waals surface area contributed by atoms with Gasteiger partial charge in [-0.25, -0.2) is 0 Å². The van der Waals surface area contributed by atoms with Crippen LogP contribution in [0.25, 0.3) is 0 Å². The van der Waals surface area contributed by atoms with Crippen LogP contribution in [0.3, 0.4) is 0 Å². The summed E-state index contributed by atoms with van der Waals surface area (Å²) in [5.74, 6) is 0. The van der Waals surface area contributed by atoms with Gasteiger partial charge in [-0.3, -0.25) is 0 Å². The molecule has 0 amide bonds. The van der Waals surface area contributed by atoms with E-state index in [1.165, 1.54) is 16.7 Å². The van der Waals surface area contributed by atoms with E-state index in [1.54, 1.807) is 0 Å². The van der Waals surface area contributed by atoms with Crippen LogP contribution >= 0.6 is 23.2 Å². The summed E-state index contributed by atoms with van der Waals surface area (Å²) in [5.41, 5.74) is 4.96. The molecule has 3 heteroatoms. The molecule has 0 spiro atoms. The summed E-state index contributed by atoms with van der Waals surface area (Å²) in [6, 6.07) is 12.5. The van der Waals surface area contributed by atoms with E-state index in [4.69, 9.17) is 23.2 Å². The lowest BCUT2D eigenvalue weighted by molar-refractivity contribution is 0.337. The summed E-state index contributed by atoms with van der Waals surface area (Å²) in [4.78, 5) is 0. The van der Waals surface area contributed by atoms with Crippen molar-refractivity contribution in [3.8, 4) is 0 Å². The molecule has 2 aromatic carbocycles. The van der Waals surface area contributed by atoms with Gasteiger partial charge >= 0.3 is 0 Å². The first-order valence-electron chi connectivity index (χ1n) is 7.18. The van der Waals surface area contributed by atoms with E-state index in [-0.39, 0.29) is 11.5 Å². The normalized spacial score (nSPS) is 19.4. The molecule has 3 rings (SSSR count). The van der Waals surface area contributed by atoms with Crippen molar-refractivity contribution in [2.45, 2.75) is 33.2 Å². The number of hydrogen-bond donors (Lipinski definition) is 1. The van der Waals surface area contributed by atoms with Crippen LogP contribution in [0.4, 0.5) is 5.69 Å². The van der Waals surface area contributed by atoms with Crippen molar-refractivity contribution in [3.63, 3.8) is 0 Å². The van der Waals surface area contributed by atoms with Gasteiger partial charge in [0.1, 0.15) is 0 Å². The molecule has 1 atom stereocenters. The third kappa shape index (κ3) is 2.77. The van der Waals surface area contributed by atoms with E-state index in [1.807, 2.05) is 18.2 Å². The highest BCUT2D eigenvalue weighted by Gasteiger charge is 2.39. The smallest absolute Gasteiger partial charge is 0.0637 e. The van der Waals surface area contributed by atoms with E-state index < -0.39 is 0 Å². The molecule has 0 aromatic heterocycles. The van der Waals surface area contributed by atoms with E-state index in [2.05, 4.69) is 44.3 Å². The van der Waals surface area contributed by atoms with Crippen LogP contribution in [0.2, 0.25) is 10.0 Å². The Morgan fingerprint density at radius 3 is 2.62 bits per heavy atom. The number of aryl methyl sites for hydroxylation is 1. The van der Waals surface area contributed by atoms with Gasteiger partial charge in [0.25, 0.3) is 0 Å². The zero-order valence-electron chi connectivity index (χ0n) is 12.5. The predicted molar refractivity (Wildman–Crippen MR) is 91.5 cm³/mol. The van der Waals surface area contributed by atoms with Crippen LogP contribution in [0.5, 0.6) is 0 Å². The van der Waals surface area contributed by atoms with Gasteiger partial charge in [0, 0.05) is 5.02 Å². The van der Waals surface area contributed by atoms with Gasteiger partial charge in [-0.1, -0.05) is 49.2 Å². The van der Waals surface area contributed by atoms with Crippen LogP contribution in [0.15, 0.2) is 36.4 Å². The average Bonchev–Trinajstić information content (AvgIpc) is 2.65. The predicted octanol–water partition coefficient (Wildman–Crippen LogP) is 6.04. The van der Waals surface area contributed by atoms with Gasteiger partial charge in [-0.15, -0.1) is 0 Å². The van der Waals surface area contributed by atoms with Crippen LogP contribution < -0.4 is 5.32 Å². The summed E-state index contributed by atoms with van der Waals surface area (Å²) in [5, 5.41) is 5.18. The maximum atomic E-state index is 6.34. The first-order chi connectivity index (χ1) is 9.87. The Morgan fingerprint density at radius 2 is 1.86 bits per heavy atom. The van der Waals surface area contributed by atoms with Gasteiger partial charge in [-0.2, -0.15) is 0 Å². The molecule has 1 nitrogen and oxygen atoms in total. The Balaban J connectivity index is 2.01. The maximum Gasteiger partial charge on any atom is 0.0637 e. The number of anilines is 1. The van der Waals surface area contributed by atoms with Gasteiger partial charge in [-0.05, 0) is 59.7 Å². The third-order valence-electron chi connectivity index (χ3n) is 4.27. The minimum atomic E-state index is 0.125. The van der Waals surface area contributed by atoms with Crippen molar-refractivity contribution in [2.75, 3.05) is 5.32 Å². The topological polar surface area (TPSA) is 12.0 Å². The molecule has 0 fully saturated rings. The van der Waals surface area contributed by atoms with Crippen molar-refractivity contribution >= 4 is 28.9 Å². The van der Waals surface area contributed by atoms with Crippen molar-refractivity contribution in [3.05, 3.63) is 63.1 Å². The fourth-order valence-electron chi connectivity index (χ4n) is 3.19. The Kier molecular flexibility index (Phi) is 3.67. The lowest BCUT2D eigenvalue weighted by atomic mass is 9.85. The molecule has 1 aliphatic rings. The Labute approximate surface area is 136 Å². The molecule has 2 aromatic rings. The van der Waals surface area contributed by atoms with E-state index in [9.17, 15) is 0 Å². The quantitative estimate of drug-likeness (QED) is 0.711. The van der Waals surface area contributed by atoms with Gasteiger partial charge in [0.15, 0.2) is 0 Å². The molecule has 0 radical (unpaired) electrons. The molecule has 1 aliphatic carbocycles. The minimum Gasteiger partial charge on any atom is -0.376 e. The van der Waals surface area contributed by atoms with Crippen LogP contribution in [-0.4, -0.2) is 0 Å². The van der Waals surface area contributed by atoms with Gasteiger partial charge in [0.05, 0.1) is 16.8 Å². The van der Waals surface area contributed by atoms with Gasteiger partial charge < -0.3 is 5.32 Å². The number of hydrogen-bond acceptors (Lipinski definition) is 1. The maximum absolute atomic E-state index is 6.34. The highest BCUT2D eigenvalue weighted by molar-refractivity contribution is 6.33. The lowest BCUT2D eigenvalue weighted by Gasteiger charge is -2.30. The molecule has 0 saturated carbocycles. The van der Waals surface area contributed by atoms with Gasteiger partial charge in [0.2, 0.25) is 0 Å². The number of nitrogens with one attached hydrogen (secondary N) is 1. The third-order valence-corrected chi connectivity index (χ3v) is 4.83. The fourth-order valence-corrected chi connectivity index (χ4v) is 3.54. The molecule has 21 heavy (non-hydrogen) atoms. The first-order valence-corrected chi connectivity index (χ1v) is 7.93. The second kappa shape index (κ2) is 5.23. The van der Waals surface area contributed by atoms with Crippen LogP contribution in [0, 0.1) is 12.3 Å². The fraction of sp³-hybridized carbons (Fsp3) is 0.333. The zero-order valence-corrected chi connectivity index (χ0v) is 14.0. The SMILES string of the molecule is Cc1ccc(Cl)c(NC2c3cc(Cl)ccc3CC2(C)C)c1. The molecule has 110 valence electrons.